The number of anilines is 2. The summed E-state index contributed by atoms with van der Waals surface area (Å²) < 4.78 is 1.40. The van der Waals surface area contributed by atoms with Crippen molar-refractivity contribution >= 4 is 28.4 Å². The molecule has 0 radical (unpaired) electrons. The molecule has 7 nitrogen and oxygen atoms in total. The van der Waals surface area contributed by atoms with Gasteiger partial charge in [-0.2, -0.15) is 0 Å². The first kappa shape index (κ1) is 15.7. The van der Waals surface area contributed by atoms with Crippen LogP contribution in [0.2, 0.25) is 0 Å². The van der Waals surface area contributed by atoms with Crippen molar-refractivity contribution in [1.29, 1.82) is 0 Å². The maximum atomic E-state index is 12.3. The second-order valence-electron chi connectivity index (χ2n) is 5.52. The standard InChI is InChI=1S/C17H17N5O2/c1-21(2)15-8-7-12(9-19-15)20-16(23)11-22-14-6-4-3-5-13(14)18-10-17(22)24/h3-10H,11H2,1-2H3,(H,20,23). The predicted octanol–water partition coefficient (Wildman–Crippen LogP) is 1.50. The molecular weight excluding hydrogens is 306 g/mol. The van der Waals surface area contributed by atoms with Gasteiger partial charge in [0.2, 0.25) is 5.91 Å². The molecular formula is C17H17N5O2. The molecule has 2 aromatic heterocycles. The zero-order valence-corrected chi connectivity index (χ0v) is 13.4. The number of aromatic nitrogens is 3. The van der Waals surface area contributed by atoms with Gasteiger partial charge in [0.1, 0.15) is 12.4 Å². The number of carbonyl (C=O) groups excluding carboxylic acids is 1. The van der Waals surface area contributed by atoms with E-state index >= 15 is 0 Å². The van der Waals surface area contributed by atoms with Crippen LogP contribution in [0.25, 0.3) is 11.0 Å². The molecule has 0 saturated heterocycles. The maximum Gasteiger partial charge on any atom is 0.269 e. The minimum atomic E-state index is -0.315. The number of benzene rings is 1. The number of nitrogens with zero attached hydrogens (tertiary/aromatic N) is 4. The Kier molecular flexibility index (Phi) is 4.24. The van der Waals surface area contributed by atoms with Crippen LogP contribution in [0.4, 0.5) is 11.5 Å². The summed E-state index contributed by atoms with van der Waals surface area (Å²) in [6, 6.07) is 10.8. The number of hydrogen-bond donors (Lipinski definition) is 1. The molecule has 122 valence electrons. The first-order valence-electron chi connectivity index (χ1n) is 7.42. The summed E-state index contributed by atoms with van der Waals surface area (Å²) in [7, 11) is 3.78. The number of para-hydroxylation sites is 2. The zero-order valence-electron chi connectivity index (χ0n) is 13.4. The summed E-state index contributed by atoms with van der Waals surface area (Å²) >= 11 is 0. The number of pyridine rings is 1. The Morgan fingerprint density at radius 2 is 1.92 bits per heavy atom. The minimum absolute atomic E-state index is 0.0860. The number of fused-ring (bicyclic) bond motifs is 1. The molecule has 0 saturated carbocycles. The Morgan fingerprint density at radius 3 is 2.62 bits per heavy atom. The summed E-state index contributed by atoms with van der Waals surface area (Å²) in [5, 5.41) is 2.75. The average Bonchev–Trinajstić information content (AvgIpc) is 2.58. The van der Waals surface area contributed by atoms with Gasteiger partial charge in [-0.15, -0.1) is 0 Å². The van der Waals surface area contributed by atoms with Crippen LogP contribution >= 0.6 is 0 Å². The molecule has 1 amide bonds. The third-order valence-electron chi connectivity index (χ3n) is 3.54. The molecule has 1 aromatic carbocycles. The van der Waals surface area contributed by atoms with Crippen LogP contribution in [-0.4, -0.2) is 34.5 Å². The molecule has 7 heteroatoms. The van der Waals surface area contributed by atoms with E-state index in [1.165, 1.54) is 10.8 Å². The van der Waals surface area contributed by atoms with Crippen LogP contribution in [-0.2, 0) is 11.3 Å². The van der Waals surface area contributed by atoms with Gasteiger partial charge in [-0.25, -0.2) is 9.97 Å². The van der Waals surface area contributed by atoms with E-state index in [4.69, 9.17) is 0 Å². The fourth-order valence-electron chi connectivity index (χ4n) is 2.35. The number of rotatable bonds is 4. The molecule has 3 rings (SSSR count). The molecule has 0 spiro atoms. The molecule has 0 aliphatic rings. The van der Waals surface area contributed by atoms with Crippen LogP contribution in [0.3, 0.4) is 0 Å². The van der Waals surface area contributed by atoms with E-state index in [1.54, 1.807) is 24.4 Å². The highest BCUT2D eigenvalue weighted by Crippen LogP contribution is 2.12. The van der Waals surface area contributed by atoms with Crippen molar-refractivity contribution in [3.8, 4) is 0 Å². The second kappa shape index (κ2) is 6.49. The Labute approximate surface area is 138 Å². The summed E-state index contributed by atoms with van der Waals surface area (Å²) in [5.74, 6) is 0.497. The highest BCUT2D eigenvalue weighted by Gasteiger charge is 2.09. The first-order chi connectivity index (χ1) is 11.5. The van der Waals surface area contributed by atoms with Gasteiger partial charge in [0.25, 0.3) is 5.56 Å². The monoisotopic (exact) mass is 323 g/mol. The van der Waals surface area contributed by atoms with Crippen molar-refractivity contribution in [3.63, 3.8) is 0 Å². The van der Waals surface area contributed by atoms with Crippen LogP contribution in [0.1, 0.15) is 0 Å². The highest BCUT2D eigenvalue weighted by molar-refractivity contribution is 5.91. The number of nitrogens with one attached hydrogen (secondary N) is 1. The number of hydrogen-bond acceptors (Lipinski definition) is 5. The van der Waals surface area contributed by atoms with Crippen LogP contribution in [0, 0.1) is 0 Å². The lowest BCUT2D eigenvalue weighted by molar-refractivity contribution is -0.116. The van der Waals surface area contributed by atoms with Gasteiger partial charge in [0.05, 0.1) is 29.1 Å². The van der Waals surface area contributed by atoms with Gasteiger partial charge in [-0.05, 0) is 24.3 Å². The summed E-state index contributed by atoms with van der Waals surface area (Å²) in [6.45, 7) is -0.0860. The van der Waals surface area contributed by atoms with Crippen molar-refractivity contribution in [2.45, 2.75) is 6.54 Å². The smallest absolute Gasteiger partial charge is 0.269 e. The summed E-state index contributed by atoms with van der Waals surface area (Å²) in [5.41, 5.74) is 1.56. The summed E-state index contributed by atoms with van der Waals surface area (Å²) in [6.07, 6.45) is 2.81. The fraction of sp³-hybridized carbons (Fsp3) is 0.176. The van der Waals surface area contributed by atoms with Gasteiger partial charge in [-0.3, -0.25) is 14.2 Å². The summed E-state index contributed by atoms with van der Waals surface area (Å²) in [4.78, 5) is 34.5. The lowest BCUT2D eigenvalue weighted by Crippen LogP contribution is -2.28. The van der Waals surface area contributed by atoms with E-state index in [9.17, 15) is 9.59 Å². The zero-order chi connectivity index (χ0) is 17.1. The maximum absolute atomic E-state index is 12.3. The van der Waals surface area contributed by atoms with E-state index in [2.05, 4.69) is 15.3 Å². The lowest BCUT2D eigenvalue weighted by Gasteiger charge is -2.12. The first-order valence-corrected chi connectivity index (χ1v) is 7.42. The SMILES string of the molecule is CN(C)c1ccc(NC(=O)Cn2c(=O)cnc3ccccc32)cn1. The van der Waals surface area contributed by atoms with Crippen molar-refractivity contribution in [3.05, 3.63) is 59.1 Å². The Morgan fingerprint density at radius 1 is 1.12 bits per heavy atom. The molecule has 0 fully saturated rings. The second-order valence-corrected chi connectivity index (χ2v) is 5.52. The van der Waals surface area contributed by atoms with E-state index in [1.807, 2.05) is 37.2 Å². The van der Waals surface area contributed by atoms with Gasteiger partial charge < -0.3 is 10.2 Å². The third kappa shape index (κ3) is 3.24. The third-order valence-corrected chi connectivity index (χ3v) is 3.54. The van der Waals surface area contributed by atoms with E-state index in [0.29, 0.717) is 16.7 Å². The molecule has 0 bridgehead atoms. The van der Waals surface area contributed by atoms with Crippen molar-refractivity contribution in [1.82, 2.24) is 14.5 Å². The molecule has 0 aliphatic heterocycles. The van der Waals surface area contributed by atoms with Crippen molar-refractivity contribution < 1.29 is 4.79 Å². The molecule has 0 aliphatic carbocycles. The quantitative estimate of drug-likeness (QED) is 0.787. The van der Waals surface area contributed by atoms with Crippen molar-refractivity contribution in [2.24, 2.45) is 0 Å². The fourth-order valence-corrected chi connectivity index (χ4v) is 2.35. The number of amides is 1. The minimum Gasteiger partial charge on any atom is -0.363 e. The Bertz CT molecular complexity index is 932. The van der Waals surface area contributed by atoms with Crippen LogP contribution in [0.5, 0.6) is 0 Å². The molecule has 1 N–H and O–H groups in total. The van der Waals surface area contributed by atoms with Crippen molar-refractivity contribution in [2.75, 3.05) is 24.3 Å². The topological polar surface area (TPSA) is 80.1 Å². The van der Waals surface area contributed by atoms with E-state index in [-0.39, 0.29) is 18.0 Å². The largest absolute Gasteiger partial charge is 0.363 e. The van der Waals surface area contributed by atoms with E-state index in [0.717, 1.165) is 5.82 Å². The molecule has 3 aromatic rings. The Balaban J connectivity index is 1.80. The molecule has 24 heavy (non-hydrogen) atoms. The molecule has 0 atom stereocenters. The number of carbonyl (C=O) groups is 1. The molecule has 2 heterocycles. The predicted molar refractivity (Wildman–Crippen MR) is 93.2 cm³/mol. The van der Waals surface area contributed by atoms with Crippen LogP contribution < -0.4 is 15.8 Å². The van der Waals surface area contributed by atoms with Crippen LogP contribution in [0.15, 0.2) is 53.6 Å². The van der Waals surface area contributed by atoms with Gasteiger partial charge >= 0.3 is 0 Å². The highest BCUT2D eigenvalue weighted by atomic mass is 16.2. The normalized spacial score (nSPS) is 10.6. The van der Waals surface area contributed by atoms with Gasteiger partial charge in [0.15, 0.2) is 0 Å². The molecule has 0 unspecified atom stereocenters. The Hall–Kier alpha value is -3.22. The van der Waals surface area contributed by atoms with E-state index < -0.39 is 0 Å². The lowest BCUT2D eigenvalue weighted by atomic mass is 10.3. The average molecular weight is 323 g/mol. The van der Waals surface area contributed by atoms with Gasteiger partial charge in [-0.1, -0.05) is 12.1 Å². The van der Waals surface area contributed by atoms with Gasteiger partial charge in [0, 0.05) is 14.1 Å².